The van der Waals surface area contributed by atoms with Crippen molar-refractivity contribution in [3.63, 3.8) is 0 Å². The lowest BCUT2D eigenvalue weighted by Crippen LogP contribution is -2.52. The minimum Gasteiger partial charge on any atom is -0.493 e. The van der Waals surface area contributed by atoms with Crippen molar-refractivity contribution in [2.24, 2.45) is 0 Å². The molecule has 1 aliphatic carbocycles. The van der Waals surface area contributed by atoms with Crippen LogP contribution in [0.1, 0.15) is 48.8 Å². The number of carbonyl (C=O) groups is 2. The van der Waals surface area contributed by atoms with Gasteiger partial charge < -0.3 is 19.7 Å². The molecule has 3 aromatic carbocycles. The van der Waals surface area contributed by atoms with Crippen LogP contribution in [-0.4, -0.2) is 43.0 Å². The van der Waals surface area contributed by atoms with Crippen LogP contribution in [0.5, 0.6) is 11.5 Å². The number of ether oxygens (including phenoxy) is 2. The normalized spacial score (nSPS) is 14.0. The van der Waals surface area contributed by atoms with Crippen molar-refractivity contribution in [2.45, 2.75) is 63.6 Å². The lowest BCUT2D eigenvalue weighted by molar-refractivity contribution is -0.141. The van der Waals surface area contributed by atoms with Crippen LogP contribution in [0.15, 0.2) is 66.7 Å². The van der Waals surface area contributed by atoms with Gasteiger partial charge >= 0.3 is 0 Å². The fourth-order valence-corrected chi connectivity index (χ4v) is 5.72. The summed E-state index contributed by atoms with van der Waals surface area (Å²) < 4.78 is 10.8. The number of hydrogen-bond donors (Lipinski definition) is 1. The first kappa shape index (κ1) is 29.8. The number of benzene rings is 3. The molecule has 0 unspecified atom stereocenters. The second kappa shape index (κ2) is 14.4. The van der Waals surface area contributed by atoms with Crippen LogP contribution in [0, 0.1) is 0 Å². The number of amides is 2. The van der Waals surface area contributed by atoms with Crippen molar-refractivity contribution in [2.75, 3.05) is 14.2 Å². The molecule has 1 aliphatic rings. The van der Waals surface area contributed by atoms with Gasteiger partial charge in [-0.3, -0.25) is 9.59 Å². The molecular weight excluding hydrogens is 547 g/mol. The summed E-state index contributed by atoms with van der Waals surface area (Å²) in [5.74, 6) is 0.913. The molecular formula is C32H36Cl2N2O4. The molecule has 1 fully saturated rings. The van der Waals surface area contributed by atoms with Gasteiger partial charge in [0, 0.05) is 41.0 Å². The highest BCUT2D eigenvalue weighted by Gasteiger charge is 2.32. The van der Waals surface area contributed by atoms with E-state index < -0.39 is 6.04 Å². The van der Waals surface area contributed by atoms with Gasteiger partial charge in [-0.25, -0.2) is 0 Å². The highest BCUT2D eigenvalue weighted by molar-refractivity contribution is 6.36. The van der Waals surface area contributed by atoms with Gasteiger partial charge in [-0.15, -0.1) is 0 Å². The third-order valence-corrected chi connectivity index (χ3v) is 8.15. The zero-order valence-electron chi connectivity index (χ0n) is 23.0. The van der Waals surface area contributed by atoms with E-state index in [0.29, 0.717) is 39.9 Å². The number of nitrogens with one attached hydrogen (secondary N) is 1. The smallest absolute Gasteiger partial charge is 0.243 e. The molecule has 0 aliphatic heterocycles. The van der Waals surface area contributed by atoms with Gasteiger partial charge in [0.2, 0.25) is 11.8 Å². The fraction of sp³-hybridized carbons (Fsp3) is 0.375. The lowest BCUT2D eigenvalue weighted by atomic mass is 10.0. The van der Waals surface area contributed by atoms with Crippen LogP contribution in [-0.2, 0) is 29.0 Å². The molecule has 0 aromatic heterocycles. The molecule has 0 bridgehead atoms. The van der Waals surface area contributed by atoms with E-state index in [1.165, 1.54) is 0 Å². The molecule has 6 nitrogen and oxygen atoms in total. The Kier molecular flexibility index (Phi) is 10.7. The summed E-state index contributed by atoms with van der Waals surface area (Å²) in [6.07, 6.45) is 5.13. The van der Waals surface area contributed by atoms with Crippen molar-refractivity contribution in [3.8, 4) is 11.5 Å². The summed E-state index contributed by atoms with van der Waals surface area (Å²) >= 11 is 13.1. The molecule has 1 atom stereocenters. The van der Waals surface area contributed by atoms with Gasteiger partial charge in [0.05, 0.1) is 14.2 Å². The van der Waals surface area contributed by atoms with Crippen LogP contribution in [0.2, 0.25) is 10.0 Å². The zero-order chi connectivity index (χ0) is 28.5. The molecule has 4 rings (SSSR count). The molecule has 2 amide bonds. The average Bonchev–Trinajstić information content (AvgIpc) is 3.48. The minimum absolute atomic E-state index is 0.124. The Bertz CT molecular complexity index is 1280. The Labute approximate surface area is 246 Å². The summed E-state index contributed by atoms with van der Waals surface area (Å²) in [4.78, 5) is 29.5. The van der Waals surface area contributed by atoms with E-state index in [4.69, 9.17) is 32.7 Å². The predicted octanol–water partition coefficient (Wildman–Crippen LogP) is 6.64. The van der Waals surface area contributed by atoms with Crippen LogP contribution in [0.4, 0.5) is 0 Å². The number of methoxy groups -OCH3 is 2. The van der Waals surface area contributed by atoms with Crippen molar-refractivity contribution in [1.82, 2.24) is 10.2 Å². The van der Waals surface area contributed by atoms with Crippen molar-refractivity contribution in [1.29, 1.82) is 0 Å². The molecule has 0 saturated heterocycles. The number of halogens is 2. The highest BCUT2D eigenvalue weighted by atomic mass is 35.5. The molecule has 1 saturated carbocycles. The summed E-state index contributed by atoms with van der Waals surface area (Å²) in [5, 5.41) is 4.14. The van der Waals surface area contributed by atoms with Crippen LogP contribution in [0.3, 0.4) is 0 Å². The fourth-order valence-electron chi connectivity index (χ4n) is 5.21. The maximum atomic E-state index is 14.0. The standard InChI is InChI=1S/C32H36Cl2N2O4/c1-39-29-17-15-23(20-30(29)40-2)16-18-31(37)36(21-25-26(33)13-8-14-27(25)34)28(19-22-9-4-3-5-10-22)32(38)35-24-11-6-7-12-24/h3-5,8-10,13-15,17,20,24,28H,6-7,11-12,16,18-19,21H2,1-2H3,(H,35,38)/t28-/m1/s1. The maximum absolute atomic E-state index is 14.0. The highest BCUT2D eigenvalue weighted by Crippen LogP contribution is 2.30. The molecule has 0 radical (unpaired) electrons. The summed E-state index contributed by atoms with van der Waals surface area (Å²) in [7, 11) is 3.17. The molecule has 1 N–H and O–H groups in total. The molecule has 0 spiro atoms. The first-order chi connectivity index (χ1) is 19.4. The average molecular weight is 584 g/mol. The predicted molar refractivity (Wildman–Crippen MR) is 159 cm³/mol. The summed E-state index contributed by atoms with van der Waals surface area (Å²) in [6, 6.07) is 20.0. The Morgan fingerprint density at radius 2 is 1.57 bits per heavy atom. The Balaban J connectivity index is 1.64. The SMILES string of the molecule is COc1ccc(CCC(=O)N(Cc2c(Cl)cccc2Cl)[C@H](Cc2ccccc2)C(=O)NC2CCCC2)cc1OC. The molecule has 40 heavy (non-hydrogen) atoms. The summed E-state index contributed by atoms with van der Waals surface area (Å²) in [5.41, 5.74) is 2.52. The number of nitrogens with zero attached hydrogens (tertiary/aromatic N) is 1. The second-order valence-electron chi connectivity index (χ2n) is 10.1. The monoisotopic (exact) mass is 582 g/mol. The van der Waals surface area contributed by atoms with Gasteiger partial charge in [-0.05, 0) is 54.7 Å². The van der Waals surface area contributed by atoms with Crippen LogP contribution < -0.4 is 14.8 Å². The zero-order valence-corrected chi connectivity index (χ0v) is 24.5. The summed E-state index contributed by atoms with van der Waals surface area (Å²) in [6.45, 7) is 0.124. The minimum atomic E-state index is -0.728. The van der Waals surface area contributed by atoms with Gasteiger partial charge in [0.15, 0.2) is 11.5 Å². The van der Waals surface area contributed by atoms with Gasteiger partial charge in [-0.1, -0.05) is 78.5 Å². The van der Waals surface area contributed by atoms with Crippen LogP contribution in [0.25, 0.3) is 0 Å². The van der Waals surface area contributed by atoms with Gasteiger partial charge in [0.25, 0.3) is 0 Å². The van der Waals surface area contributed by atoms with Gasteiger partial charge in [0.1, 0.15) is 6.04 Å². The molecule has 8 heteroatoms. The van der Waals surface area contributed by atoms with E-state index in [1.54, 1.807) is 37.3 Å². The molecule has 212 valence electrons. The molecule has 0 heterocycles. The van der Waals surface area contributed by atoms with E-state index in [-0.39, 0.29) is 30.8 Å². The van der Waals surface area contributed by atoms with E-state index in [0.717, 1.165) is 36.8 Å². The van der Waals surface area contributed by atoms with Gasteiger partial charge in [-0.2, -0.15) is 0 Å². The quantitative estimate of drug-likeness (QED) is 0.260. The largest absolute Gasteiger partial charge is 0.493 e. The van der Waals surface area contributed by atoms with Crippen molar-refractivity contribution in [3.05, 3.63) is 93.5 Å². The maximum Gasteiger partial charge on any atom is 0.243 e. The Morgan fingerprint density at radius 1 is 0.900 bits per heavy atom. The first-order valence-corrected chi connectivity index (χ1v) is 14.4. The third kappa shape index (κ3) is 7.70. The third-order valence-electron chi connectivity index (χ3n) is 7.44. The van der Waals surface area contributed by atoms with E-state index >= 15 is 0 Å². The van der Waals surface area contributed by atoms with E-state index in [2.05, 4.69) is 5.32 Å². The Hall–Kier alpha value is -3.22. The van der Waals surface area contributed by atoms with E-state index in [1.807, 2.05) is 48.5 Å². The topological polar surface area (TPSA) is 67.9 Å². The number of aryl methyl sites for hydroxylation is 1. The lowest BCUT2D eigenvalue weighted by Gasteiger charge is -2.33. The van der Waals surface area contributed by atoms with Crippen LogP contribution >= 0.6 is 23.2 Å². The van der Waals surface area contributed by atoms with E-state index in [9.17, 15) is 9.59 Å². The van der Waals surface area contributed by atoms with Crippen molar-refractivity contribution >= 4 is 35.0 Å². The second-order valence-corrected chi connectivity index (χ2v) is 10.9. The molecule has 3 aromatic rings. The first-order valence-electron chi connectivity index (χ1n) is 13.7. The number of rotatable bonds is 12. The van der Waals surface area contributed by atoms with Crippen molar-refractivity contribution < 1.29 is 19.1 Å². The number of carbonyl (C=O) groups excluding carboxylic acids is 2. The number of hydrogen-bond acceptors (Lipinski definition) is 4. The Morgan fingerprint density at radius 3 is 2.23 bits per heavy atom.